The fourth-order valence-electron chi connectivity index (χ4n) is 2.72. The minimum absolute atomic E-state index is 0.0489. The van der Waals surface area contributed by atoms with Crippen molar-refractivity contribution in [1.29, 1.82) is 0 Å². The quantitative estimate of drug-likeness (QED) is 0.750. The van der Waals surface area contributed by atoms with E-state index in [1.54, 1.807) is 24.3 Å². The summed E-state index contributed by atoms with van der Waals surface area (Å²) in [6.45, 7) is 1.91. The summed E-state index contributed by atoms with van der Waals surface area (Å²) in [4.78, 5) is 26.1. The van der Waals surface area contributed by atoms with E-state index in [9.17, 15) is 9.59 Å². The molecule has 0 radical (unpaired) electrons. The number of aromatic nitrogens is 1. The monoisotopic (exact) mass is 330 g/mol. The van der Waals surface area contributed by atoms with Crippen LogP contribution in [0.1, 0.15) is 28.8 Å². The van der Waals surface area contributed by atoms with Crippen LogP contribution in [0.3, 0.4) is 0 Å². The minimum atomic E-state index is -0.845. The van der Waals surface area contributed by atoms with Crippen LogP contribution in [0.15, 0.2) is 24.4 Å². The Hall–Kier alpha value is -2.53. The first-order chi connectivity index (χ1) is 11.0. The van der Waals surface area contributed by atoms with Crippen LogP contribution in [0.5, 0.6) is 0 Å². The minimum Gasteiger partial charge on any atom is -0.481 e. The van der Waals surface area contributed by atoms with Gasteiger partial charge in [0, 0.05) is 28.9 Å². The number of halogens is 1. The second-order valence-electron chi connectivity index (χ2n) is 5.46. The van der Waals surface area contributed by atoms with Crippen molar-refractivity contribution in [2.75, 3.05) is 5.32 Å². The van der Waals surface area contributed by atoms with Crippen molar-refractivity contribution in [3.8, 4) is 0 Å². The molecule has 0 saturated carbocycles. The second kappa shape index (κ2) is 5.93. The Morgan fingerprint density at radius 3 is 2.91 bits per heavy atom. The zero-order chi connectivity index (χ0) is 16.6. The van der Waals surface area contributed by atoms with Crippen LogP contribution in [0.4, 0.5) is 5.69 Å². The lowest BCUT2D eigenvalue weighted by Gasteiger charge is -2.02. The molecule has 2 heterocycles. The first-order valence-electron chi connectivity index (χ1n) is 7.17. The SMILES string of the molecule is Cc1c[nH]c(C=C2C(=O)Nc3cc(Cl)ccc32)c1CCC(=O)O. The second-order valence-corrected chi connectivity index (χ2v) is 5.90. The molecule has 1 aromatic heterocycles. The number of aromatic amines is 1. The molecule has 0 spiro atoms. The number of aliphatic carboxylic acids is 1. The molecule has 0 fully saturated rings. The summed E-state index contributed by atoms with van der Waals surface area (Å²) in [5, 5.41) is 12.2. The van der Waals surface area contributed by atoms with Crippen LogP contribution in [-0.4, -0.2) is 22.0 Å². The van der Waals surface area contributed by atoms with Crippen molar-refractivity contribution in [3.63, 3.8) is 0 Å². The Bertz CT molecular complexity index is 836. The molecule has 1 aliphatic heterocycles. The zero-order valence-corrected chi connectivity index (χ0v) is 13.2. The van der Waals surface area contributed by atoms with Crippen LogP contribution in [-0.2, 0) is 16.0 Å². The smallest absolute Gasteiger partial charge is 0.303 e. The van der Waals surface area contributed by atoms with Gasteiger partial charge >= 0.3 is 5.97 Å². The number of H-pyrrole nitrogens is 1. The van der Waals surface area contributed by atoms with Crippen LogP contribution < -0.4 is 5.32 Å². The highest BCUT2D eigenvalue weighted by Crippen LogP contribution is 2.35. The van der Waals surface area contributed by atoms with E-state index in [-0.39, 0.29) is 12.3 Å². The normalized spacial score (nSPS) is 14.9. The van der Waals surface area contributed by atoms with Gasteiger partial charge in [-0.15, -0.1) is 0 Å². The number of rotatable bonds is 4. The Morgan fingerprint density at radius 1 is 1.39 bits per heavy atom. The van der Waals surface area contributed by atoms with Crippen molar-refractivity contribution in [2.24, 2.45) is 0 Å². The lowest BCUT2D eigenvalue weighted by molar-refractivity contribution is -0.137. The van der Waals surface area contributed by atoms with E-state index < -0.39 is 5.97 Å². The lowest BCUT2D eigenvalue weighted by atomic mass is 10.0. The molecule has 1 aromatic carbocycles. The van der Waals surface area contributed by atoms with E-state index >= 15 is 0 Å². The maximum Gasteiger partial charge on any atom is 0.303 e. The number of aryl methyl sites for hydroxylation is 1. The molecule has 3 N–H and O–H groups in total. The molecule has 1 amide bonds. The topological polar surface area (TPSA) is 82.2 Å². The van der Waals surface area contributed by atoms with Crippen molar-refractivity contribution >= 4 is 40.8 Å². The van der Waals surface area contributed by atoms with Gasteiger partial charge in [0.1, 0.15) is 0 Å². The van der Waals surface area contributed by atoms with Gasteiger partial charge in [-0.1, -0.05) is 17.7 Å². The summed E-state index contributed by atoms with van der Waals surface area (Å²) in [6.07, 6.45) is 4.05. The molecular weight excluding hydrogens is 316 g/mol. The zero-order valence-electron chi connectivity index (χ0n) is 12.4. The summed E-state index contributed by atoms with van der Waals surface area (Å²) in [5.41, 5.74) is 4.66. The molecular formula is C17H15ClN2O3. The lowest BCUT2D eigenvalue weighted by Crippen LogP contribution is -2.04. The third-order valence-corrected chi connectivity index (χ3v) is 4.12. The highest BCUT2D eigenvalue weighted by molar-refractivity contribution is 6.36. The van der Waals surface area contributed by atoms with Gasteiger partial charge in [-0.05, 0) is 42.7 Å². The number of amides is 1. The van der Waals surface area contributed by atoms with Crippen LogP contribution in [0, 0.1) is 6.92 Å². The number of carbonyl (C=O) groups excluding carboxylic acids is 1. The number of fused-ring (bicyclic) bond motifs is 1. The molecule has 2 aromatic rings. The number of carboxylic acids is 1. The molecule has 3 rings (SSSR count). The Balaban J connectivity index is 2.00. The van der Waals surface area contributed by atoms with Gasteiger partial charge in [-0.25, -0.2) is 0 Å². The van der Waals surface area contributed by atoms with Gasteiger partial charge in [0.15, 0.2) is 0 Å². The maximum absolute atomic E-state index is 12.2. The fraction of sp³-hybridized carbons (Fsp3) is 0.176. The van der Waals surface area contributed by atoms with Gasteiger partial charge < -0.3 is 15.4 Å². The Labute approximate surface area is 138 Å². The first kappa shape index (κ1) is 15.4. The molecule has 1 aliphatic rings. The highest BCUT2D eigenvalue weighted by Gasteiger charge is 2.24. The number of benzene rings is 1. The highest BCUT2D eigenvalue weighted by atomic mass is 35.5. The van der Waals surface area contributed by atoms with Crippen molar-refractivity contribution < 1.29 is 14.7 Å². The third-order valence-electron chi connectivity index (χ3n) is 3.89. The summed E-state index contributed by atoms with van der Waals surface area (Å²) < 4.78 is 0. The van der Waals surface area contributed by atoms with Gasteiger partial charge in [-0.2, -0.15) is 0 Å². The Morgan fingerprint density at radius 2 is 2.17 bits per heavy atom. The van der Waals surface area contributed by atoms with Crippen molar-refractivity contribution in [2.45, 2.75) is 19.8 Å². The summed E-state index contributed by atoms with van der Waals surface area (Å²) in [6, 6.07) is 5.24. The number of carboxylic acid groups (broad SMARTS) is 1. The summed E-state index contributed by atoms with van der Waals surface area (Å²) >= 11 is 5.95. The average Bonchev–Trinajstić information content (AvgIpc) is 2.98. The number of anilines is 1. The van der Waals surface area contributed by atoms with Crippen LogP contribution >= 0.6 is 11.6 Å². The van der Waals surface area contributed by atoms with Crippen molar-refractivity contribution in [1.82, 2.24) is 4.98 Å². The maximum atomic E-state index is 12.2. The molecule has 0 aliphatic carbocycles. The predicted molar refractivity (Wildman–Crippen MR) is 89.4 cm³/mol. The number of hydrogen-bond acceptors (Lipinski definition) is 2. The van der Waals surface area contributed by atoms with Crippen LogP contribution in [0.2, 0.25) is 5.02 Å². The van der Waals surface area contributed by atoms with E-state index in [4.69, 9.17) is 16.7 Å². The van der Waals surface area contributed by atoms with Crippen LogP contribution in [0.25, 0.3) is 11.6 Å². The number of carbonyl (C=O) groups is 2. The van der Waals surface area contributed by atoms with E-state index in [1.807, 2.05) is 13.1 Å². The molecule has 23 heavy (non-hydrogen) atoms. The molecule has 118 valence electrons. The molecule has 6 heteroatoms. The van der Waals surface area contributed by atoms with E-state index in [1.165, 1.54) is 0 Å². The average molecular weight is 331 g/mol. The molecule has 5 nitrogen and oxygen atoms in total. The standard InChI is InChI=1S/C17H15ClN2O3/c1-9-8-19-14(11(9)4-5-16(21)22)7-13-12-3-2-10(18)6-15(12)20-17(13)23/h2-3,6-8,19H,4-5H2,1H3,(H,20,23)(H,21,22). The number of hydrogen-bond donors (Lipinski definition) is 3. The van der Waals surface area contributed by atoms with Gasteiger partial charge in [0.05, 0.1) is 11.3 Å². The van der Waals surface area contributed by atoms with Gasteiger partial charge in [-0.3, -0.25) is 9.59 Å². The van der Waals surface area contributed by atoms with Crippen molar-refractivity contribution in [3.05, 3.63) is 51.8 Å². The van der Waals surface area contributed by atoms with E-state index in [0.717, 1.165) is 22.4 Å². The molecule has 0 bridgehead atoms. The largest absolute Gasteiger partial charge is 0.481 e. The van der Waals surface area contributed by atoms with Gasteiger partial charge in [0.2, 0.25) is 0 Å². The van der Waals surface area contributed by atoms with E-state index in [2.05, 4.69) is 10.3 Å². The van der Waals surface area contributed by atoms with Gasteiger partial charge in [0.25, 0.3) is 5.91 Å². The molecule has 0 unspecified atom stereocenters. The Kier molecular flexibility index (Phi) is 3.96. The predicted octanol–water partition coefficient (Wildman–Crippen LogP) is 3.49. The van der Waals surface area contributed by atoms with E-state index in [0.29, 0.717) is 22.7 Å². The fourth-order valence-corrected chi connectivity index (χ4v) is 2.89. The third kappa shape index (κ3) is 3.00. The number of nitrogens with one attached hydrogen (secondary N) is 2. The molecule has 0 atom stereocenters. The molecule has 0 saturated heterocycles. The first-order valence-corrected chi connectivity index (χ1v) is 7.55. The summed E-state index contributed by atoms with van der Waals surface area (Å²) in [5.74, 6) is -1.04. The summed E-state index contributed by atoms with van der Waals surface area (Å²) in [7, 11) is 0.